The van der Waals surface area contributed by atoms with Crippen LogP contribution in [0.15, 0.2) is 48.7 Å². The van der Waals surface area contributed by atoms with Crippen LogP contribution in [0.25, 0.3) is 0 Å². The van der Waals surface area contributed by atoms with Crippen molar-refractivity contribution < 1.29 is 9.47 Å². The fraction of sp³-hybridized carbons (Fsp3) is 0.375. The van der Waals surface area contributed by atoms with Crippen LogP contribution >= 0.6 is 0 Å². The molecule has 0 saturated carbocycles. The van der Waals surface area contributed by atoms with Gasteiger partial charge in [-0.05, 0) is 31.5 Å². The molecule has 0 radical (unpaired) electrons. The van der Waals surface area contributed by atoms with Gasteiger partial charge >= 0.3 is 0 Å². The SMILES string of the molecule is CC1(C)OC[C@H](c2cccn2Cc2ccccc2)O1. The summed E-state index contributed by atoms with van der Waals surface area (Å²) < 4.78 is 13.8. The summed E-state index contributed by atoms with van der Waals surface area (Å²) in [6, 6.07) is 14.6. The maximum absolute atomic E-state index is 5.93. The lowest BCUT2D eigenvalue weighted by Crippen LogP contribution is -2.20. The summed E-state index contributed by atoms with van der Waals surface area (Å²) in [4.78, 5) is 0. The summed E-state index contributed by atoms with van der Waals surface area (Å²) in [5.74, 6) is -0.480. The van der Waals surface area contributed by atoms with Crippen molar-refractivity contribution in [3.8, 4) is 0 Å². The van der Waals surface area contributed by atoms with E-state index in [0.29, 0.717) is 6.61 Å². The van der Waals surface area contributed by atoms with Crippen LogP contribution in [0.4, 0.5) is 0 Å². The van der Waals surface area contributed by atoms with Gasteiger partial charge in [-0.15, -0.1) is 0 Å². The van der Waals surface area contributed by atoms with Crippen LogP contribution in [-0.2, 0) is 16.0 Å². The Bertz CT molecular complexity index is 545. The van der Waals surface area contributed by atoms with Gasteiger partial charge in [-0.25, -0.2) is 0 Å². The van der Waals surface area contributed by atoms with E-state index < -0.39 is 5.79 Å². The number of rotatable bonds is 3. The molecule has 1 saturated heterocycles. The zero-order valence-electron chi connectivity index (χ0n) is 11.4. The Labute approximate surface area is 113 Å². The largest absolute Gasteiger partial charge is 0.347 e. The highest BCUT2D eigenvalue weighted by molar-refractivity contribution is 5.19. The second-order valence-corrected chi connectivity index (χ2v) is 5.36. The first-order valence-corrected chi connectivity index (χ1v) is 6.65. The van der Waals surface area contributed by atoms with Crippen LogP contribution in [0.1, 0.15) is 31.2 Å². The first-order chi connectivity index (χ1) is 9.14. The average Bonchev–Trinajstić information content (AvgIpc) is 2.97. The molecule has 0 bridgehead atoms. The van der Waals surface area contributed by atoms with Crippen LogP contribution in [0.5, 0.6) is 0 Å². The topological polar surface area (TPSA) is 23.4 Å². The minimum atomic E-state index is -0.480. The highest BCUT2D eigenvalue weighted by atomic mass is 16.7. The van der Waals surface area contributed by atoms with E-state index >= 15 is 0 Å². The van der Waals surface area contributed by atoms with E-state index in [0.717, 1.165) is 6.54 Å². The Morgan fingerprint density at radius 3 is 2.63 bits per heavy atom. The number of benzene rings is 1. The molecule has 0 spiro atoms. The molecule has 1 fully saturated rings. The van der Waals surface area contributed by atoms with Crippen LogP contribution in [0.2, 0.25) is 0 Å². The van der Waals surface area contributed by atoms with Crippen molar-refractivity contribution in [2.45, 2.75) is 32.3 Å². The molecule has 2 heterocycles. The molecule has 3 rings (SSSR count). The van der Waals surface area contributed by atoms with Crippen LogP contribution in [-0.4, -0.2) is 17.0 Å². The molecule has 0 amide bonds. The second-order valence-electron chi connectivity index (χ2n) is 5.36. The quantitative estimate of drug-likeness (QED) is 0.841. The van der Waals surface area contributed by atoms with Gasteiger partial charge in [0.05, 0.1) is 6.61 Å². The molecule has 0 N–H and O–H groups in total. The maximum Gasteiger partial charge on any atom is 0.163 e. The van der Waals surface area contributed by atoms with E-state index in [4.69, 9.17) is 9.47 Å². The molecule has 1 atom stereocenters. The zero-order chi connectivity index (χ0) is 13.3. The minimum Gasteiger partial charge on any atom is -0.347 e. The molecule has 0 aliphatic carbocycles. The van der Waals surface area contributed by atoms with Gasteiger partial charge in [0.25, 0.3) is 0 Å². The van der Waals surface area contributed by atoms with Gasteiger partial charge in [-0.1, -0.05) is 30.3 Å². The summed E-state index contributed by atoms with van der Waals surface area (Å²) in [5.41, 5.74) is 2.47. The van der Waals surface area contributed by atoms with Gasteiger partial charge in [0, 0.05) is 18.4 Å². The lowest BCUT2D eigenvalue weighted by Gasteiger charge is -2.18. The van der Waals surface area contributed by atoms with Gasteiger partial charge in [-0.3, -0.25) is 0 Å². The van der Waals surface area contributed by atoms with Gasteiger partial charge in [0.2, 0.25) is 0 Å². The third kappa shape index (κ3) is 2.72. The maximum atomic E-state index is 5.93. The smallest absolute Gasteiger partial charge is 0.163 e. The molecule has 100 valence electrons. The van der Waals surface area contributed by atoms with Gasteiger partial charge in [0.1, 0.15) is 6.10 Å². The lowest BCUT2D eigenvalue weighted by atomic mass is 10.2. The molecule has 3 nitrogen and oxygen atoms in total. The summed E-state index contributed by atoms with van der Waals surface area (Å²) >= 11 is 0. The average molecular weight is 257 g/mol. The second kappa shape index (κ2) is 4.83. The van der Waals surface area contributed by atoms with E-state index in [9.17, 15) is 0 Å². The summed E-state index contributed by atoms with van der Waals surface area (Å²) in [5, 5.41) is 0. The molecule has 2 aromatic rings. The first kappa shape index (κ1) is 12.5. The molecule has 1 aliphatic rings. The summed E-state index contributed by atoms with van der Waals surface area (Å²) in [6.07, 6.45) is 2.12. The van der Waals surface area contributed by atoms with Crippen molar-refractivity contribution in [2.75, 3.05) is 6.61 Å². The number of aromatic nitrogens is 1. The Balaban J connectivity index is 1.80. The predicted octanol–water partition coefficient (Wildman–Crippen LogP) is 3.36. The first-order valence-electron chi connectivity index (χ1n) is 6.65. The molecular weight excluding hydrogens is 238 g/mol. The fourth-order valence-corrected chi connectivity index (χ4v) is 2.48. The van der Waals surface area contributed by atoms with Crippen molar-refractivity contribution >= 4 is 0 Å². The normalized spacial score (nSPS) is 21.7. The minimum absolute atomic E-state index is 0.0220. The number of nitrogens with zero attached hydrogens (tertiary/aromatic N) is 1. The molecule has 1 aromatic carbocycles. The lowest BCUT2D eigenvalue weighted by molar-refractivity contribution is -0.139. The predicted molar refractivity (Wildman–Crippen MR) is 73.8 cm³/mol. The van der Waals surface area contributed by atoms with E-state index in [1.807, 2.05) is 19.9 Å². The molecule has 3 heteroatoms. The van der Waals surface area contributed by atoms with E-state index in [1.54, 1.807) is 0 Å². The third-order valence-corrected chi connectivity index (χ3v) is 3.40. The Hall–Kier alpha value is -1.58. The van der Waals surface area contributed by atoms with Crippen molar-refractivity contribution in [3.05, 3.63) is 59.9 Å². The van der Waals surface area contributed by atoms with Gasteiger partial charge in [0.15, 0.2) is 5.79 Å². The van der Waals surface area contributed by atoms with Crippen molar-refractivity contribution in [2.24, 2.45) is 0 Å². The van der Waals surface area contributed by atoms with Crippen LogP contribution in [0.3, 0.4) is 0 Å². The Morgan fingerprint density at radius 1 is 1.16 bits per heavy atom. The number of hydrogen-bond acceptors (Lipinski definition) is 2. The highest BCUT2D eigenvalue weighted by Crippen LogP contribution is 2.33. The number of ether oxygens (including phenoxy) is 2. The van der Waals surface area contributed by atoms with E-state index in [1.165, 1.54) is 11.3 Å². The summed E-state index contributed by atoms with van der Waals surface area (Å²) in [6.45, 7) is 5.39. The van der Waals surface area contributed by atoms with Crippen LogP contribution < -0.4 is 0 Å². The van der Waals surface area contributed by atoms with Crippen LogP contribution in [0, 0.1) is 0 Å². The standard InChI is InChI=1S/C16H19NO2/c1-16(2)18-12-15(19-16)14-9-6-10-17(14)11-13-7-4-3-5-8-13/h3-10,15H,11-12H2,1-2H3/t15-/m1/s1. The highest BCUT2D eigenvalue weighted by Gasteiger charge is 2.34. The molecule has 0 unspecified atom stereocenters. The van der Waals surface area contributed by atoms with Gasteiger partial charge in [-0.2, -0.15) is 0 Å². The van der Waals surface area contributed by atoms with Crippen molar-refractivity contribution in [1.29, 1.82) is 0 Å². The fourth-order valence-electron chi connectivity index (χ4n) is 2.48. The monoisotopic (exact) mass is 257 g/mol. The molecule has 1 aromatic heterocycles. The van der Waals surface area contributed by atoms with Crippen molar-refractivity contribution in [1.82, 2.24) is 4.57 Å². The Kier molecular flexibility index (Phi) is 3.17. The zero-order valence-corrected chi connectivity index (χ0v) is 11.4. The molecule has 19 heavy (non-hydrogen) atoms. The third-order valence-electron chi connectivity index (χ3n) is 3.40. The molecule has 1 aliphatic heterocycles. The van der Waals surface area contributed by atoms with Crippen molar-refractivity contribution in [3.63, 3.8) is 0 Å². The van der Waals surface area contributed by atoms with Gasteiger partial charge < -0.3 is 14.0 Å². The number of hydrogen-bond donors (Lipinski definition) is 0. The summed E-state index contributed by atoms with van der Waals surface area (Å²) in [7, 11) is 0. The van der Waals surface area contributed by atoms with E-state index in [2.05, 4.69) is 47.2 Å². The molecular formula is C16H19NO2. The Morgan fingerprint density at radius 2 is 1.95 bits per heavy atom. The van der Waals surface area contributed by atoms with E-state index in [-0.39, 0.29) is 6.10 Å².